The third-order valence-electron chi connectivity index (χ3n) is 3.80. The van der Waals surface area contributed by atoms with Gasteiger partial charge in [0.25, 0.3) is 0 Å². The zero-order valence-corrected chi connectivity index (χ0v) is 13.9. The van der Waals surface area contributed by atoms with Crippen LogP contribution in [0, 0.1) is 5.41 Å². The fraction of sp³-hybridized carbons (Fsp3) is 0.500. The molecule has 25 heavy (non-hydrogen) atoms. The van der Waals surface area contributed by atoms with Gasteiger partial charge in [-0.15, -0.1) is 0 Å². The largest absolute Gasteiger partial charge is 0.418 e. The molecule has 2 N–H and O–H groups in total. The number of ether oxygens (including phenoxy) is 2. The molecule has 0 aliphatic carbocycles. The van der Waals surface area contributed by atoms with Gasteiger partial charge in [0.15, 0.2) is 0 Å². The van der Waals surface area contributed by atoms with Gasteiger partial charge in [0.2, 0.25) is 6.41 Å². The molecule has 0 bridgehead atoms. The lowest BCUT2D eigenvalue weighted by Crippen LogP contribution is -2.45. The molecule has 1 aromatic carbocycles. The summed E-state index contributed by atoms with van der Waals surface area (Å²) in [5.74, 6) is 0. The minimum atomic E-state index is -4.54. The number of hydrazone groups is 1. The second kappa shape index (κ2) is 7.83. The molecule has 1 heterocycles. The zero-order valence-electron chi connectivity index (χ0n) is 13.9. The van der Waals surface area contributed by atoms with Crippen LogP contribution in [-0.2, 0) is 20.4 Å². The summed E-state index contributed by atoms with van der Waals surface area (Å²) in [6.07, 6.45) is -4.21. The van der Waals surface area contributed by atoms with Gasteiger partial charge in [0.1, 0.15) is 0 Å². The van der Waals surface area contributed by atoms with Crippen molar-refractivity contribution >= 4 is 17.8 Å². The summed E-state index contributed by atoms with van der Waals surface area (Å²) in [4.78, 5) is 10.4. The van der Waals surface area contributed by atoms with Crippen LogP contribution in [0.1, 0.15) is 18.1 Å². The lowest BCUT2D eigenvalue weighted by atomic mass is 9.88. The van der Waals surface area contributed by atoms with Crippen molar-refractivity contribution in [3.05, 3.63) is 29.3 Å². The van der Waals surface area contributed by atoms with Gasteiger partial charge < -0.3 is 14.8 Å². The number of carbonyl (C=O) groups is 1. The molecule has 0 saturated carbocycles. The normalized spacial score (nSPS) is 16.9. The molecule has 1 aliphatic heterocycles. The first-order valence-electron chi connectivity index (χ1n) is 7.57. The maximum Gasteiger partial charge on any atom is 0.418 e. The molecular formula is C16H20F3N3O3. The van der Waals surface area contributed by atoms with E-state index in [4.69, 9.17) is 9.47 Å². The highest BCUT2D eigenvalue weighted by Crippen LogP contribution is 2.36. The summed E-state index contributed by atoms with van der Waals surface area (Å²) in [7, 11) is 1.39. The van der Waals surface area contributed by atoms with Crippen LogP contribution in [0.25, 0.3) is 0 Å². The van der Waals surface area contributed by atoms with Crippen molar-refractivity contribution in [3.8, 4) is 0 Å². The Morgan fingerprint density at radius 2 is 2.16 bits per heavy atom. The van der Waals surface area contributed by atoms with Crippen LogP contribution in [0.4, 0.5) is 18.9 Å². The van der Waals surface area contributed by atoms with Crippen LogP contribution in [0.2, 0.25) is 0 Å². The van der Waals surface area contributed by atoms with E-state index < -0.39 is 11.7 Å². The second-order valence-electron chi connectivity index (χ2n) is 6.15. The van der Waals surface area contributed by atoms with Crippen molar-refractivity contribution in [1.82, 2.24) is 5.43 Å². The Balaban J connectivity index is 2.30. The van der Waals surface area contributed by atoms with Crippen molar-refractivity contribution < 1.29 is 27.4 Å². The first-order chi connectivity index (χ1) is 11.8. The maximum atomic E-state index is 13.4. The Morgan fingerprint density at radius 3 is 2.68 bits per heavy atom. The number of benzene rings is 1. The van der Waals surface area contributed by atoms with Gasteiger partial charge >= 0.3 is 6.18 Å². The van der Waals surface area contributed by atoms with Crippen LogP contribution in [0.5, 0.6) is 0 Å². The van der Waals surface area contributed by atoms with Gasteiger partial charge in [0.05, 0.1) is 31.1 Å². The number of rotatable bonds is 8. The number of alkyl halides is 3. The summed E-state index contributed by atoms with van der Waals surface area (Å²) < 4.78 is 50.4. The van der Waals surface area contributed by atoms with Crippen LogP contribution >= 0.6 is 0 Å². The molecule has 9 heteroatoms. The van der Waals surface area contributed by atoms with E-state index >= 15 is 0 Å². The smallest absolute Gasteiger partial charge is 0.384 e. The third-order valence-corrected chi connectivity index (χ3v) is 3.80. The van der Waals surface area contributed by atoms with E-state index in [2.05, 4.69) is 15.8 Å². The van der Waals surface area contributed by atoms with E-state index in [1.54, 1.807) is 0 Å². The highest BCUT2D eigenvalue weighted by Gasteiger charge is 2.36. The van der Waals surface area contributed by atoms with E-state index in [-0.39, 0.29) is 29.0 Å². The number of nitrogens with one attached hydrogen (secondary N) is 2. The topological polar surface area (TPSA) is 72.0 Å². The number of hydrogen-bond donors (Lipinski definition) is 2. The van der Waals surface area contributed by atoms with E-state index in [0.717, 1.165) is 6.07 Å². The minimum Gasteiger partial charge on any atom is -0.384 e. The molecule has 1 aliphatic rings. The molecule has 0 radical (unpaired) electrons. The maximum absolute atomic E-state index is 13.4. The molecule has 0 spiro atoms. The van der Waals surface area contributed by atoms with Crippen molar-refractivity contribution in [2.24, 2.45) is 10.5 Å². The summed E-state index contributed by atoms with van der Waals surface area (Å²) in [5.41, 5.74) is 1.50. The number of nitrogens with zero attached hydrogens (tertiary/aromatic N) is 1. The lowest BCUT2D eigenvalue weighted by molar-refractivity contribution is -0.137. The highest BCUT2D eigenvalue weighted by atomic mass is 19.4. The molecular weight excluding hydrogens is 339 g/mol. The van der Waals surface area contributed by atoms with Gasteiger partial charge in [-0.05, 0) is 12.1 Å². The summed E-state index contributed by atoms with van der Waals surface area (Å²) in [6, 6.07) is 3.85. The predicted octanol–water partition coefficient (Wildman–Crippen LogP) is 2.25. The van der Waals surface area contributed by atoms with Crippen LogP contribution in [0.3, 0.4) is 0 Å². The fourth-order valence-electron chi connectivity index (χ4n) is 2.39. The zero-order chi connectivity index (χ0) is 18.5. The molecule has 1 aromatic rings. The Labute approximate surface area is 143 Å². The number of amides is 1. The Hall–Kier alpha value is -2.13. The standard InChI is InChI=1S/C16H20F3N3O3/c1-15(8-25-9-15)7-20-13-4-3-11(5-12(13)16(17,18)19)14(6-24-2)22-21-10-23/h3-5,10,20H,6-9H2,1-2H3,(H,21,23)/b22-14+. The number of halogens is 3. The fourth-order valence-corrected chi connectivity index (χ4v) is 2.39. The quantitative estimate of drug-likeness (QED) is 0.424. The SMILES string of the molecule is COC/C(=N\NC=O)c1ccc(NCC2(C)COC2)c(C(F)(F)F)c1. The molecule has 1 amide bonds. The molecule has 1 saturated heterocycles. The van der Waals surface area contributed by atoms with Gasteiger partial charge in [0, 0.05) is 30.3 Å². The molecule has 2 rings (SSSR count). The molecule has 0 unspecified atom stereocenters. The molecule has 0 atom stereocenters. The summed E-state index contributed by atoms with van der Waals surface area (Å²) in [5, 5.41) is 6.59. The summed E-state index contributed by atoms with van der Waals surface area (Å²) in [6.45, 7) is 3.31. The monoisotopic (exact) mass is 359 g/mol. The van der Waals surface area contributed by atoms with Crippen molar-refractivity contribution in [2.45, 2.75) is 13.1 Å². The molecule has 0 aromatic heterocycles. The third kappa shape index (κ3) is 4.93. The highest BCUT2D eigenvalue weighted by molar-refractivity contribution is 6.02. The average molecular weight is 359 g/mol. The Morgan fingerprint density at radius 1 is 1.44 bits per heavy atom. The number of methoxy groups -OCH3 is 1. The van der Waals surface area contributed by atoms with Gasteiger partial charge in [-0.2, -0.15) is 18.3 Å². The Kier molecular flexibility index (Phi) is 6.02. The van der Waals surface area contributed by atoms with E-state index in [9.17, 15) is 18.0 Å². The van der Waals surface area contributed by atoms with Crippen LogP contribution in [0.15, 0.2) is 23.3 Å². The van der Waals surface area contributed by atoms with Crippen LogP contribution < -0.4 is 10.7 Å². The van der Waals surface area contributed by atoms with Crippen molar-refractivity contribution in [3.63, 3.8) is 0 Å². The second-order valence-corrected chi connectivity index (χ2v) is 6.15. The van der Waals surface area contributed by atoms with Crippen molar-refractivity contribution in [2.75, 3.05) is 38.8 Å². The van der Waals surface area contributed by atoms with Gasteiger partial charge in [-0.3, -0.25) is 4.79 Å². The Bertz CT molecular complexity index is 643. The summed E-state index contributed by atoms with van der Waals surface area (Å²) >= 11 is 0. The van der Waals surface area contributed by atoms with E-state index in [1.165, 1.54) is 19.2 Å². The molecule has 6 nitrogen and oxygen atoms in total. The minimum absolute atomic E-state index is 0.00973. The van der Waals surface area contributed by atoms with Crippen molar-refractivity contribution in [1.29, 1.82) is 0 Å². The van der Waals surface area contributed by atoms with E-state index in [1.807, 2.05) is 6.92 Å². The number of anilines is 1. The van der Waals surface area contributed by atoms with E-state index in [0.29, 0.717) is 26.2 Å². The number of carbonyl (C=O) groups excluding carboxylic acids is 1. The average Bonchev–Trinajstić information content (AvgIpc) is 2.54. The number of hydrogen-bond acceptors (Lipinski definition) is 5. The van der Waals surface area contributed by atoms with Gasteiger partial charge in [-0.25, -0.2) is 5.43 Å². The van der Waals surface area contributed by atoms with Crippen LogP contribution in [-0.4, -0.2) is 45.6 Å². The molecule has 1 fully saturated rings. The lowest BCUT2D eigenvalue weighted by Gasteiger charge is -2.38. The first-order valence-corrected chi connectivity index (χ1v) is 7.57. The predicted molar refractivity (Wildman–Crippen MR) is 86.5 cm³/mol. The van der Waals surface area contributed by atoms with Gasteiger partial charge in [-0.1, -0.05) is 13.0 Å². The first kappa shape index (κ1) is 19.2. The molecule has 138 valence electrons.